The van der Waals surface area contributed by atoms with Crippen LogP contribution in [0.5, 0.6) is 0 Å². The predicted molar refractivity (Wildman–Crippen MR) is 67.8 cm³/mol. The van der Waals surface area contributed by atoms with Gasteiger partial charge in [0.1, 0.15) is 0 Å². The van der Waals surface area contributed by atoms with Crippen molar-refractivity contribution in [1.82, 2.24) is 4.57 Å². The Morgan fingerprint density at radius 2 is 1.94 bits per heavy atom. The molecule has 0 amide bonds. The molecule has 1 aromatic carbocycles. The number of aromatic nitrogens is 1. The van der Waals surface area contributed by atoms with Gasteiger partial charge in [-0.3, -0.25) is 5.41 Å². The van der Waals surface area contributed by atoms with Crippen LogP contribution in [0.15, 0.2) is 35.7 Å². The van der Waals surface area contributed by atoms with E-state index in [1.165, 1.54) is 22.6 Å². The number of benzene rings is 1. The van der Waals surface area contributed by atoms with Crippen molar-refractivity contribution in [2.45, 2.75) is 26.3 Å². The number of nitrogens with zero attached hydrogens (tertiary/aromatic N) is 1. The molecule has 0 saturated heterocycles. The van der Waals surface area contributed by atoms with Gasteiger partial charge in [-0.2, -0.15) is 0 Å². The zero-order valence-electron chi connectivity index (χ0n) is 9.60. The number of hydrogen-bond donors (Lipinski definition) is 1. The molecule has 0 aliphatic rings. The minimum absolute atomic E-state index is 0.471. The van der Waals surface area contributed by atoms with Crippen LogP contribution < -0.4 is 4.80 Å². The number of nitrogens with one attached hydrogen (secondary N) is 1. The van der Waals surface area contributed by atoms with Crippen molar-refractivity contribution in [2.75, 3.05) is 0 Å². The number of rotatable bonds is 3. The summed E-state index contributed by atoms with van der Waals surface area (Å²) < 4.78 is 2.09. The van der Waals surface area contributed by atoms with Gasteiger partial charge in [-0.15, -0.1) is 11.3 Å². The van der Waals surface area contributed by atoms with Crippen molar-refractivity contribution in [3.8, 4) is 0 Å². The number of hydrogen-bond acceptors (Lipinski definition) is 2. The third kappa shape index (κ3) is 2.25. The lowest BCUT2D eigenvalue weighted by Gasteiger charge is -2.11. The second kappa shape index (κ2) is 4.66. The lowest BCUT2D eigenvalue weighted by atomic mass is 10.1. The van der Waals surface area contributed by atoms with Crippen LogP contribution in [-0.2, 0) is 6.54 Å². The van der Waals surface area contributed by atoms with E-state index in [1.807, 2.05) is 18.2 Å². The molecule has 84 valence electrons. The van der Waals surface area contributed by atoms with E-state index >= 15 is 0 Å². The summed E-state index contributed by atoms with van der Waals surface area (Å²) in [5.74, 6) is 0.471. The summed E-state index contributed by atoms with van der Waals surface area (Å²) >= 11 is 1.51. The van der Waals surface area contributed by atoms with Gasteiger partial charge in [0.25, 0.3) is 0 Å². The first-order valence-electron chi connectivity index (χ1n) is 5.45. The summed E-state index contributed by atoms with van der Waals surface area (Å²) in [6.07, 6.45) is 0. The van der Waals surface area contributed by atoms with Gasteiger partial charge in [-0.1, -0.05) is 44.2 Å². The maximum atomic E-state index is 7.92. The van der Waals surface area contributed by atoms with E-state index in [4.69, 9.17) is 5.41 Å². The molecule has 16 heavy (non-hydrogen) atoms. The van der Waals surface area contributed by atoms with Gasteiger partial charge in [-0.05, 0) is 11.5 Å². The van der Waals surface area contributed by atoms with Crippen molar-refractivity contribution < 1.29 is 0 Å². The molecule has 3 heteroatoms. The molecule has 0 spiro atoms. The Bertz CT molecular complexity index is 508. The zero-order chi connectivity index (χ0) is 11.5. The van der Waals surface area contributed by atoms with Gasteiger partial charge in [0, 0.05) is 11.1 Å². The second-order valence-electron chi connectivity index (χ2n) is 4.19. The van der Waals surface area contributed by atoms with Crippen LogP contribution in [0.3, 0.4) is 0 Å². The third-order valence-corrected chi connectivity index (χ3v) is 3.43. The lowest BCUT2D eigenvalue weighted by molar-refractivity contribution is 0.665. The molecule has 0 unspecified atom stereocenters. The van der Waals surface area contributed by atoms with Crippen molar-refractivity contribution in [3.05, 3.63) is 51.8 Å². The summed E-state index contributed by atoms with van der Waals surface area (Å²) in [5.41, 5.74) is 2.50. The summed E-state index contributed by atoms with van der Waals surface area (Å²) in [6, 6.07) is 10.3. The largest absolute Gasteiger partial charge is 0.317 e. The first-order valence-corrected chi connectivity index (χ1v) is 6.33. The molecule has 1 aromatic heterocycles. The molecule has 0 fully saturated rings. The molecule has 2 nitrogen and oxygen atoms in total. The highest BCUT2D eigenvalue weighted by Crippen LogP contribution is 2.16. The molecule has 1 heterocycles. The van der Waals surface area contributed by atoms with Crippen molar-refractivity contribution in [1.29, 1.82) is 5.41 Å². The van der Waals surface area contributed by atoms with E-state index in [0.29, 0.717) is 10.7 Å². The summed E-state index contributed by atoms with van der Waals surface area (Å²) in [6.45, 7) is 5.14. The van der Waals surface area contributed by atoms with Crippen LogP contribution >= 0.6 is 11.3 Å². The fourth-order valence-corrected chi connectivity index (χ4v) is 2.67. The highest BCUT2D eigenvalue weighted by atomic mass is 32.1. The molecule has 0 aliphatic heterocycles. The standard InChI is InChI=1S/C13H16N2S/c1-10(2)12-9-16-13(14)15(12)8-11-6-4-3-5-7-11/h3-7,9-10,14H,8H2,1-2H3. The Morgan fingerprint density at radius 1 is 1.25 bits per heavy atom. The molecule has 0 saturated carbocycles. The summed E-state index contributed by atoms with van der Waals surface area (Å²) in [7, 11) is 0. The average molecular weight is 232 g/mol. The van der Waals surface area contributed by atoms with E-state index < -0.39 is 0 Å². The van der Waals surface area contributed by atoms with E-state index in [0.717, 1.165) is 6.54 Å². The highest BCUT2D eigenvalue weighted by Gasteiger charge is 2.08. The zero-order valence-corrected chi connectivity index (χ0v) is 10.4. The van der Waals surface area contributed by atoms with Crippen LogP contribution in [0.25, 0.3) is 0 Å². The molecule has 0 atom stereocenters. The highest BCUT2D eigenvalue weighted by molar-refractivity contribution is 7.07. The monoisotopic (exact) mass is 232 g/mol. The van der Waals surface area contributed by atoms with Crippen molar-refractivity contribution in [3.63, 3.8) is 0 Å². The Hall–Kier alpha value is -1.35. The quantitative estimate of drug-likeness (QED) is 0.842. The van der Waals surface area contributed by atoms with Crippen LogP contribution in [0.4, 0.5) is 0 Å². The fourth-order valence-electron chi connectivity index (χ4n) is 1.74. The smallest absolute Gasteiger partial charge is 0.182 e. The normalized spacial score (nSPS) is 10.9. The van der Waals surface area contributed by atoms with Crippen LogP contribution in [0.1, 0.15) is 31.0 Å². The van der Waals surface area contributed by atoms with Crippen LogP contribution in [-0.4, -0.2) is 4.57 Å². The molecular formula is C13H16N2S. The average Bonchev–Trinajstić information content (AvgIpc) is 2.62. The van der Waals surface area contributed by atoms with E-state index in [2.05, 4.69) is 35.9 Å². The van der Waals surface area contributed by atoms with Gasteiger partial charge < -0.3 is 4.57 Å². The van der Waals surface area contributed by atoms with Gasteiger partial charge in [0.15, 0.2) is 4.80 Å². The van der Waals surface area contributed by atoms with Crippen LogP contribution in [0, 0.1) is 5.41 Å². The minimum Gasteiger partial charge on any atom is -0.317 e. The van der Waals surface area contributed by atoms with Crippen molar-refractivity contribution >= 4 is 11.3 Å². The number of thiazole rings is 1. The van der Waals surface area contributed by atoms with Crippen molar-refractivity contribution in [2.24, 2.45) is 0 Å². The summed E-state index contributed by atoms with van der Waals surface area (Å²) in [5, 5.41) is 10.0. The Balaban J connectivity index is 2.34. The molecule has 0 bridgehead atoms. The maximum Gasteiger partial charge on any atom is 0.182 e. The maximum absolute atomic E-state index is 7.92. The fraction of sp³-hybridized carbons (Fsp3) is 0.308. The Morgan fingerprint density at radius 3 is 2.56 bits per heavy atom. The predicted octanol–water partition coefficient (Wildman–Crippen LogP) is 3.20. The SMILES string of the molecule is CC(C)c1csc(=N)n1Cc1ccccc1. The molecule has 2 rings (SSSR count). The lowest BCUT2D eigenvalue weighted by Crippen LogP contribution is -2.17. The molecule has 0 radical (unpaired) electrons. The summed E-state index contributed by atoms with van der Waals surface area (Å²) in [4.78, 5) is 0.632. The van der Waals surface area contributed by atoms with Gasteiger partial charge >= 0.3 is 0 Å². The molecule has 2 aromatic rings. The third-order valence-electron chi connectivity index (χ3n) is 2.62. The van der Waals surface area contributed by atoms with E-state index in [9.17, 15) is 0 Å². The topological polar surface area (TPSA) is 28.8 Å². The van der Waals surface area contributed by atoms with Gasteiger partial charge in [0.2, 0.25) is 0 Å². The first kappa shape index (κ1) is 11.1. The second-order valence-corrected chi connectivity index (χ2v) is 5.05. The molecule has 0 aliphatic carbocycles. The van der Waals surface area contributed by atoms with Crippen LogP contribution in [0.2, 0.25) is 0 Å². The minimum atomic E-state index is 0.471. The Kier molecular flexibility index (Phi) is 3.25. The van der Waals surface area contributed by atoms with E-state index in [1.54, 1.807) is 0 Å². The molecular weight excluding hydrogens is 216 g/mol. The Labute approximate surface area is 99.7 Å². The molecule has 1 N–H and O–H groups in total. The first-order chi connectivity index (χ1) is 7.68. The van der Waals surface area contributed by atoms with Gasteiger partial charge in [0.05, 0.1) is 6.54 Å². The van der Waals surface area contributed by atoms with E-state index in [-0.39, 0.29) is 0 Å². The van der Waals surface area contributed by atoms with Gasteiger partial charge in [-0.25, -0.2) is 0 Å².